The molecule has 2 N–H and O–H groups in total. The summed E-state index contributed by atoms with van der Waals surface area (Å²) in [5, 5.41) is 3.23. The lowest BCUT2D eigenvalue weighted by Gasteiger charge is -2.28. The van der Waals surface area contributed by atoms with Gasteiger partial charge < -0.3 is 15.0 Å². The lowest BCUT2D eigenvalue weighted by atomic mass is 9.97. The van der Waals surface area contributed by atoms with Gasteiger partial charge in [-0.1, -0.05) is 60.7 Å². The fraction of sp³-hybridized carbons (Fsp3) is 0.417. The Bertz CT molecular complexity index is 771. The Morgan fingerprint density at radius 3 is 2.28 bits per heavy atom. The molecule has 1 atom stereocenters. The van der Waals surface area contributed by atoms with E-state index < -0.39 is 0 Å². The van der Waals surface area contributed by atoms with Gasteiger partial charge in [0.1, 0.15) is 0 Å². The number of amides is 1. The van der Waals surface area contributed by atoms with Crippen molar-refractivity contribution in [1.29, 1.82) is 0 Å². The average molecular weight is 396 g/mol. The van der Waals surface area contributed by atoms with Crippen LogP contribution in [0.1, 0.15) is 36.9 Å². The standard InChI is InChI=1S/C24H30N2O3/c1-2-29-24(28)21-13-15-26(16-14-21)18-23(27)25-22(20-11-7-4-8-12-20)17-19-9-5-3-6-10-19/h3-12,21-22H,2,13-18H2,1H3,(H,25,27)/p+1/t22-/m1/s1. The Labute approximate surface area is 173 Å². The molecule has 0 aliphatic carbocycles. The topological polar surface area (TPSA) is 59.8 Å². The molecule has 0 radical (unpaired) electrons. The lowest BCUT2D eigenvalue weighted by molar-refractivity contribution is -0.897. The van der Waals surface area contributed by atoms with Gasteiger partial charge in [0.2, 0.25) is 0 Å². The highest BCUT2D eigenvalue weighted by Crippen LogP contribution is 2.18. The molecular weight excluding hydrogens is 364 g/mol. The predicted octanol–water partition coefficient (Wildman–Crippen LogP) is 1.94. The maximum Gasteiger partial charge on any atom is 0.309 e. The summed E-state index contributed by atoms with van der Waals surface area (Å²) in [4.78, 5) is 25.9. The first-order chi connectivity index (χ1) is 14.2. The number of ether oxygens (including phenoxy) is 1. The highest BCUT2D eigenvalue weighted by atomic mass is 16.5. The summed E-state index contributed by atoms with van der Waals surface area (Å²) >= 11 is 0. The minimum atomic E-state index is -0.0944. The van der Waals surface area contributed by atoms with Crippen molar-refractivity contribution >= 4 is 11.9 Å². The molecule has 0 unspecified atom stereocenters. The molecule has 0 spiro atoms. The summed E-state index contributed by atoms with van der Waals surface area (Å²) in [6.45, 7) is 4.35. The number of carbonyl (C=O) groups is 2. The first kappa shape index (κ1) is 21.1. The van der Waals surface area contributed by atoms with E-state index in [1.807, 2.05) is 43.3 Å². The fourth-order valence-electron chi connectivity index (χ4n) is 3.96. The third-order valence-corrected chi connectivity index (χ3v) is 5.54. The average Bonchev–Trinajstić information content (AvgIpc) is 2.75. The quantitative estimate of drug-likeness (QED) is 0.672. The largest absolute Gasteiger partial charge is 0.466 e. The molecule has 1 heterocycles. The van der Waals surface area contributed by atoms with Crippen LogP contribution >= 0.6 is 0 Å². The molecule has 0 bridgehead atoms. The van der Waals surface area contributed by atoms with Crippen molar-refractivity contribution in [3.63, 3.8) is 0 Å². The smallest absolute Gasteiger partial charge is 0.309 e. The third kappa shape index (κ3) is 6.43. The number of benzene rings is 2. The number of carbonyl (C=O) groups excluding carboxylic acids is 2. The van der Waals surface area contributed by atoms with Crippen molar-refractivity contribution in [2.24, 2.45) is 5.92 Å². The van der Waals surface area contributed by atoms with Gasteiger partial charge >= 0.3 is 5.97 Å². The summed E-state index contributed by atoms with van der Waals surface area (Å²) in [6.07, 6.45) is 2.33. The highest BCUT2D eigenvalue weighted by Gasteiger charge is 2.29. The van der Waals surface area contributed by atoms with Gasteiger partial charge in [-0.3, -0.25) is 9.59 Å². The van der Waals surface area contributed by atoms with E-state index in [1.54, 1.807) is 0 Å². The minimum absolute atomic E-state index is 0.0168. The SMILES string of the molecule is CCOC(=O)C1CC[NH+](CC(=O)N[C@H](Cc2ccccc2)c2ccccc2)CC1. The normalized spacial score (nSPS) is 19.9. The van der Waals surface area contributed by atoms with Gasteiger partial charge in [0.05, 0.1) is 31.7 Å². The van der Waals surface area contributed by atoms with Gasteiger partial charge in [-0.2, -0.15) is 0 Å². The number of hydrogen-bond acceptors (Lipinski definition) is 3. The van der Waals surface area contributed by atoms with Gasteiger partial charge in [-0.15, -0.1) is 0 Å². The second-order valence-corrected chi connectivity index (χ2v) is 7.67. The third-order valence-electron chi connectivity index (χ3n) is 5.54. The van der Waals surface area contributed by atoms with Crippen LogP contribution < -0.4 is 10.2 Å². The number of esters is 1. The van der Waals surface area contributed by atoms with Crippen LogP contribution in [-0.2, 0) is 20.7 Å². The van der Waals surface area contributed by atoms with Crippen molar-refractivity contribution < 1.29 is 19.2 Å². The number of rotatable bonds is 8. The molecule has 154 valence electrons. The first-order valence-corrected chi connectivity index (χ1v) is 10.5. The van der Waals surface area contributed by atoms with E-state index in [4.69, 9.17) is 4.74 Å². The van der Waals surface area contributed by atoms with Crippen molar-refractivity contribution in [3.8, 4) is 0 Å². The molecule has 3 rings (SSSR count). The molecule has 5 heteroatoms. The van der Waals surface area contributed by atoms with E-state index in [1.165, 1.54) is 10.5 Å². The van der Waals surface area contributed by atoms with Crippen LogP contribution in [0.25, 0.3) is 0 Å². The van der Waals surface area contributed by atoms with Gasteiger partial charge in [0.25, 0.3) is 5.91 Å². The van der Waals surface area contributed by atoms with E-state index in [-0.39, 0.29) is 23.8 Å². The zero-order chi connectivity index (χ0) is 20.5. The Morgan fingerprint density at radius 1 is 1.03 bits per heavy atom. The van der Waals surface area contributed by atoms with Gasteiger partial charge in [0, 0.05) is 12.8 Å². The van der Waals surface area contributed by atoms with E-state index in [9.17, 15) is 9.59 Å². The second kappa shape index (κ2) is 10.8. The molecule has 2 aromatic carbocycles. The van der Waals surface area contributed by atoms with E-state index >= 15 is 0 Å². The van der Waals surface area contributed by atoms with Crippen molar-refractivity contribution in [1.82, 2.24) is 5.32 Å². The summed E-state index contributed by atoms with van der Waals surface area (Å²) in [5.41, 5.74) is 2.31. The molecule has 0 aromatic heterocycles. The van der Waals surface area contributed by atoms with Crippen LogP contribution in [0.3, 0.4) is 0 Å². The lowest BCUT2D eigenvalue weighted by Crippen LogP contribution is -3.14. The molecule has 2 aromatic rings. The van der Waals surface area contributed by atoms with Crippen molar-refractivity contribution in [2.75, 3.05) is 26.2 Å². The zero-order valence-corrected chi connectivity index (χ0v) is 17.1. The Morgan fingerprint density at radius 2 is 1.66 bits per heavy atom. The second-order valence-electron chi connectivity index (χ2n) is 7.67. The van der Waals surface area contributed by atoms with Gasteiger partial charge in [-0.25, -0.2) is 0 Å². The molecule has 5 nitrogen and oxygen atoms in total. The zero-order valence-electron chi connectivity index (χ0n) is 17.1. The van der Waals surface area contributed by atoms with Crippen LogP contribution in [0.15, 0.2) is 60.7 Å². The molecule has 29 heavy (non-hydrogen) atoms. The van der Waals surface area contributed by atoms with Crippen LogP contribution in [0.2, 0.25) is 0 Å². The Hall–Kier alpha value is -2.66. The first-order valence-electron chi connectivity index (χ1n) is 10.5. The van der Waals surface area contributed by atoms with Crippen LogP contribution in [0, 0.1) is 5.92 Å². The summed E-state index contributed by atoms with van der Waals surface area (Å²) in [6, 6.07) is 20.3. The number of nitrogens with one attached hydrogen (secondary N) is 2. The number of hydrogen-bond donors (Lipinski definition) is 2. The number of piperidine rings is 1. The van der Waals surface area contributed by atoms with Crippen LogP contribution in [0.5, 0.6) is 0 Å². The Balaban J connectivity index is 1.56. The summed E-state index contributed by atoms with van der Waals surface area (Å²) < 4.78 is 5.13. The number of quaternary nitrogens is 1. The summed E-state index contributed by atoms with van der Waals surface area (Å²) in [7, 11) is 0. The molecule has 1 aliphatic rings. The van der Waals surface area contributed by atoms with Crippen molar-refractivity contribution in [3.05, 3.63) is 71.8 Å². The minimum Gasteiger partial charge on any atom is -0.466 e. The molecule has 1 fully saturated rings. The molecular formula is C24H31N2O3+. The summed E-state index contributed by atoms with van der Waals surface area (Å²) in [5.74, 6) is -0.0562. The number of likely N-dealkylation sites (tertiary alicyclic amines) is 1. The molecule has 1 amide bonds. The molecule has 0 saturated carbocycles. The molecule has 1 aliphatic heterocycles. The Kier molecular flexibility index (Phi) is 7.82. The van der Waals surface area contributed by atoms with Crippen LogP contribution in [-0.4, -0.2) is 38.1 Å². The van der Waals surface area contributed by atoms with Crippen LogP contribution in [0.4, 0.5) is 0 Å². The van der Waals surface area contributed by atoms with E-state index in [2.05, 4.69) is 29.6 Å². The van der Waals surface area contributed by atoms with E-state index in [0.717, 1.165) is 37.9 Å². The monoisotopic (exact) mass is 395 g/mol. The maximum atomic E-state index is 12.8. The highest BCUT2D eigenvalue weighted by molar-refractivity contribution is 5.77. The van der Waals surface area contributed by atoms with Crippen molar-refractivity contribution in [2.45, 2.75) is 32.2 Å². The van der Waals surface area contributed by atoms with Gasteiger partial charge in [0.15, 0.2) is 6.54 Å². The maximum absolute atomic E-state index is 12.8. The van der Waals surface area contributed by atoms with E-state index in [0.29, 0.717) is 13.2 Å². The molecule has 1 saturated heterocycles. The van der Waals surface area contributed by atoms with Gasteiger partial charge in [-0.05, 0) is 24.5 Å². The predicted molar refractivity (Wildman–Crippen MR) is 112 cm³/mol. The fourth-order valence-corrected chi connectivity index (χ4v) is 3.96.